The van der Waals surface area contributed by atoms with Crippen molar-refractivity contribution in [3.8, 4) is 0 Å². The molecule has 2 aliphatic rings. The second-order valence-electron chi connectivity index (χ2n) is 7.80. The Kier molecular flexibility index (Phi) is 6.29. The summed E-state index contributed by atoms with van der Waals surface area (Å²) in [5.41, 5.74) is 0.582. The second-order valence-corrected chi connectivity index (χ2v) is 7.80. The average molecular weight is 437 g/mol. The summed E-state index contributed by atoms with van der Waals surface area (Å²) in [5.74, 6) is -2.05. The normalized spacial score (nSPS) is 21.1. The average Bonchev–Trinajstić information content (AvgIpc) is 3.08. The van der Waals surface area contributed by atoms with Crippen LogP contribution in [0.1, 0.15) is 17.2 Å². The molecule has 2 aromatic carbocycles. The van der Waals surface area contributed by atoms with Crippen molar-refractivity contribution < 1.29 is 29.3 Å². The molecule has 2 fully saturated rings. The molecule has 32 heavy (non-hydrogen) atoms. The molecule has 1 unspecified atom stereocenters. The smallest absolute Gasteiger partial charge is 0.295 e. The Morgan fingerprint density at radius 1 is 1.06 bits per heavy atom. The number of nitrogens with zero attached hydrogens (tertiary/aromatic N) is 2. The first-order valence-corrected chi connectivity index (χ1v) is 10.4. The van der Waals surface area contributed by atoms with Crippen LogP contribution in [0.15, 0.2) is 60.2 Å². The highest BCUT2D eigenvalue weighted by molar-refractivity contribution is 6.46. The van der Waals surface area contributed by atoms with Crippen LogP contribution in [-0.2, 0) is 14.3 Å². The molecule has 166 valence electrons. The van der Waals surface area contributed by atoms with Crippen LogP contribution >= 0.6 is 0 Å². The molecule has 0 saturated carbocycles. The number of hydrogen-bond acceptors (Lipinski definition) is 6. The van der Waals surface area contributed by atoms with Gasteiger partial charge in [-0.1, -0.05) is 36.1 Å². The molecule has 0 aromatic heterocycles. The largest absolute Gasteiger partial charge is 0.872 e. The topological polar surface area (TPSA) is 117 Å². The van der Waals surface area contributed by atoms with Crippen molar-refractivity contribution in [1.29, 1.82) is 0 Å². The molecule has 1 amide bonds. The van der Waals surface area contributed by atoms with Gasteiger partial charge in [-0.25, -0.2) is 0 Å². The van der Waals surface area contributed by atoms with Gasteiger partial charge in [-0.3, -0.25) is 19.7 Å². The maximum Gasteiger partial charge on any atom is 0.295 e. The Labute approximate surface area is 184 Å². The number of amides is 1. The minimum atomic E-state index is -0.885. The van der Waals surface area contributed by atoms with Crippen molar-refractivity contribution in [2.75, 3.05) is 39.4 Å². The first kappa shape index (κ1) is 21.7. The van der Waals surface area contributed by atoms with Crippen LogP contribution in [0.2, 0.25) is 0 Å². The van der Waals surface area contributed by atoms with Gasteiger partial charge in [-0.2, -0.15) is 0 Å². The van der Waals surface area contributed by atoms with E-state index in [2.05, 4.69) is 0 Å². The van der Waals surface area contributed by atoms with Crippen LogP contribution in [0.3, 0.4) is 0 Å². The summed E-state index contributed by atoms with van der Waals surface area (Å²) >= 11 is 0. The molecular weight excluding hydrogens is 414 g/mol. The molecule has 0 spiro atoms. The van der Waals surface area contributed by atoms with Crippen LogP contribution in [0.4, 0.5) is 5.69 Å². The zero-order valence-electron chi connectivity index (χ0n) is 17.4. The van der Waals surface area contributed by atoms with Crippen LogP contribution in [0, 0.1) is 10.1 Å². The van der Waals surface area contributed by atoms with E-state index in [1.165, 1.54) is 34.1 Å². The van der Waals surface area contributed by atoms with Crippen LogP contribution < -0.4 is 10.0 Å². The SMILES string of the molecule is O=C1C(=O)N(CC[NH+]2CCOCC2)C(c2ccc([N+](=O)[O-])cc2)C1=C([O-])c1ccccc1. The van der Waals surface area contributed by atoms with E-state index in [0.29, 0.717) is 30.9 Å². The minimum Gasteiger partial charge on any atom is -0.872 e. The Bertz CT molecular complexity index is 1050. The number of quaternary nitrogens is 1. The summed E-state index contributed by atoms with van der Waals surface area (Å²) in [6.07, 6.45) is 0. The van der Waals surface area contributed by atoms with Gasteiger partial charge in [0.25, 0.3) is 11.6 Å². The third-order valence-electron chi connectivity index (χ3n) is 5.89. The number of Topliss-reactive ketones (excluding diaryl/α,β-unsaturated/α-hetero) is 1. The van der Waals surface area contributed by atoms with Gasteiger partial charge < -0.3 is 19.6 Å². The molecule has 2 saturated heterocycles. The van der Waals surface area contributed by atoms with Crippen molar-refractivity contribution in [1.82, 2.24) is 4.90 Å². The number of non-ortho nitro benzene ring substituents is 1. The fourth-order valence-corrected chi connectivity index (χ4v) is 4.16. The number of benzene rings is 2. The zero-order valence-corrected chi connectivity index (χ0v) is 17.4. The molecular formula is C23H23N3O6. The van der Waals surface area contributed by atoms with E-state index in [1.54, 1.807) is 30.3 Å². The first-order valence-electron chi connectivity index (χ1n) is 10.4. The van der Waals surface area contributed by atoms with Crippen molar-refractivity contribution in [2.45, 2.75) is 6.04 Å². The Balaban J connectivity index is 1.73. The summed E-state index contributed by atoms with van der Waals surface area (Å²) in [4.78, 5) is 39.1. The highest BCUT2D eigenvalue weighted by Crippen LogP contribution is 2.38. The lowest BCUT2D eigenvalue weighted by atomic mass is 9.95. The fraction of sp³-hybridized carbons (Fsp3) is 0.304. The van der Waals surface area contributed by atoms with Crippen molar-refractivity contribution in [2.24, 2.45) is 0 Å². The monoisotopic (exact) mass is 437 g/mol. The van der Waals surface area contributed by atoms with Gasteiger partial charge in [0, 0.05) is 17.7 Å². The molecule has 9 nitrogen and oxygen atoms in total. The number of hydrogen-bond donors (Lipinski definition) is 1. The number of ketones is 1. The van der Waals surface area contributed by atoms with Gasteiger partial charge in [0.1, 0.15) is 13.1 Å². The molecule has 4 rings (SSSR count). The summed E-state index contributed by atoms with van der Waals surface area (Å²) in [6.45, 7) is 3.77. The lowest BCUT2D eigenvalue weighted by Gasteiger charge is -2.30. The van der Waals surface area contributed by atoms with Gasteiger partial charge in [0.2, 0.25) is 5.78 Å². The minimum absolute atomic E-state index is 0.107. The van der Waals surface area contributed by atoms with Crippen LogP contribution in [0.25, 0.3) is 5.76 Å². The summed E-state index contributed by atoms with van der Waals surface area (Å²) in [5, 5.41) is 24.3. The molecule has 2 heterocycles. The maximum atomic E-state index is 13.2. The molecule has 2 aliphatic heterocycles. The maximum absolute atomic E-state index is 13.2. The quantitative estimate of drug-likeness (QED) is 0.219. The number of likely N-dealkylation sites (tertiary alicyclic amines) is 1. The predicted octanol–water partition coefficient (Wildman–Crippen LogP) is -0.266. The van der Waals surface area contributed by atoms with Crippen molar-refractivity contribution >= 4 is 23.1 Å². The van der Waals surface area contributed by atoms with Gasteiger partial charge in [0.05, 0.1) is 37.3 Å². The predicted molar refractivity (Wildman–Crippen MR) is 112 cm³/mol. The molecule has 0 radical (unpaired) electrons. The lowest BCUT2D eigenvalue weighted by Crippen LogP contribution is -3.14. The molecule has 2 aromatic rings. The van der Waals surface area contributed by atoms with E-state index < -0.39 is 28.4 Å². The van der Waals surface area contributed by atoms with Gasteiger partial charge in [-0.15, -0.1) is 0 Å². The summed E-state index contributed by atoms with van der Waals surface area (Å²) < 4.78 is 5.37. The number of morpholine rings is 1. The third kappa shape index (κ3) is 4.25. The van der Waals surface area contributed by atoms with E-state index in [9.17, 15) is 24.8 Å². The number of nitrogens with one attached hydrogen (secondary N) is 1. The Hall–Kier alpha value is -3.56. The zero-order chi connectivity index (χ0) is 22.7. The standard InChI is InChI=1S/C23H23N3O6/c27-21(17-4-2-1-3-5-17)19-20(16-6-8-18(9-7-16)26(30)31)25(23(29)22(19)28)11-10-24-12-14-32-15-13-24/h1-9,20,27H,10-15H2. The number of carbonyl (C=O) groups excluding carboxylic acids is 2. The summed E-state index contributed by atoms with van der Waals surface area (Å²) in [7, 11) is 0. The second kappa shape index (κ2) is 9.29. The van der Waals surface area contributed by atoms with Gasteiger partial charge in [-0.05, 0) is 23.3 Å². The molecule has 0 aliphatic carbocycles. The molecule has 0 bridgehead atoms. The highest BCUT2D eigenvalue weighted by Gasteiger charge is 2.44. The van der Waals surface area contributed by atoms with E-state index in [0.717, 1.165) is 13.1 Å². The Morgan fingerprint density at radius 2 is 1.72 bits per heavy atom. The highest BCUT2D eigenvalue weighted by atomic mass is 16.6. The Morgan fingerprint density at radius 3 is 2.34 bits per heavy atom. The number of nitro groups is 1. The van der Waals surface area contributed by atoms with Gasteiger partial charge >= 0.3 is 0 Å². The number of ether oxygens (including phenoxy) is 1. The first-order chi connectivity index (χ1) is 15.5. The summed E-state index contributed by atoms with van der Waals surface area (Å²) in [6, 6.07) is 13.1. The molecule has 1 N–H and O–H groups in total. The molecule has 9 heteroatoms. The van der Waals surface area contributed by atoms with E-state index in [-0.39, 0.29) is 17.8 Å². The third-order valence-corrected chi connectivity index (χ3v) is 5.89. The lowest BCUT2D eigenvalue weighted by molar-refractivity contribution is -0.907. The van der Waals surface area contributed by atoms with Crippen LogP contribution in [-0.4, -0.2) is 60.9 Å². The fourth-order valence-electron chi connectivity index (χ4n) is 4.16. The number of rotatable bonds is 6. The van der Waals surface area contributed by atoms with Gasteiger partial charge in [0.15, 0.2) is 0 Å². The number of nitro benzene ring substituents is 1. The van der Waals surface area contributed by atoms with E-state index >= 15 is 0 Å². The van der Waals surface area contributed by atoms with Crippen molar-refractivity contribution in [3.05, 3.63) is 81.4 Å². The van der Waals surface area contributed by atoms with E-state index in [4.69, 9.17) is 4.74 Å². The number of carbonyl (C=O) groups is 2. The molecule has 1 atom stereocenters. The van der Waals surface area contributed by atoms with Crippen LogP contribution in [0.5, 0.6) is 0 Å². The van der Waals surface area contributed by atoms with Crippen molar-refractivity contribution in [3.63, 3.8) is 0 Å². The van der Waals surface area contributed by atoms with E-state index in [1.807, 2.05) is 0 Å².